The molecule has 128 valence electrons. The molecule has 1 aromatic carbocycles. The number of aryl methyl sites for hydroxylation is 1. The Kier molecular flexibility index (Phi) is 3.68. The van der Waals surface area contributed by atoms with E-state index >= 15 is 0 Å². The Morgan fingerprint density at radius 1 is 1.40 bits per heavy atom. The van der Waals surface area contributed by atoms with Crippen molar-refractivity contribution in [2.75, 3.05) is 0 Å². The highest BCUT2D eigenvalue weighted by Crippen LogP contribution is 2.45. The lowest BCUT2D eigenvalue weighted by Gasteiger charge is -2.41. The van der Waals surface area contributed by atoms with Crippen LogP contribution in [0, 0.1) is 6.92 Å². The maximum absolute atomic E-state index is 14.9. The SMILES string of the molecule is Cc1ccnc2nc(C(=O)NC3CC(F)(c4cccc(Cl)c4)C3)nn12. The Bertz CT molecular complexity index is 967. The lowest BCUT2D eigenvalue weighted by molar-refractivity contribution is 0.0245. The maximum atomic E-state index is 14.9. The Labute approximate surface area is 148 Å². The number of fused-ring (bicyclic) bond motifs is 1. The van der Waals surface area contributed by atoms with Gasteiger partial charge in [-0.25, -0.2) is 13.9 Å². The molecule has 6 nitrogen and oxygen atoms in total. The second kappa shape index (κ2) is 5.77. The van der Waals surface area contributed by atoms with E-state index in [-0.39, 0.29) is 24.7 Å². The van der Waals surface area contributed by atoms with Crippen molar-refractivity contribution in [3.05, 3.63) is 58.6 Å². The van der Waals surface area contributed by atoms with Gasteiger partial charge in [0.15, 0.2) is 0 Å². The molecule has 4 rings (SSSR count). The van der Waals surface area contributed by atoms with Crippen LogP contribution in [0.2, 0.25) is 5.02 Å². The fourth-order valence-electron chi connectivity index (χ4n) is 3.08. The summed E-state index contributed by atoms with van der Waals surface area (Å²) >= 11 is 5.92. The van der Waals surface area contributed by atoms with Gasteiger partial charge in [0, 0.05) is 35.8 Å². The Morgan fingerprint density at radius 3 is 2.92 bits per heavy atom. The molecule has 2 heterocycles. The molecule has 25 heavy (non-hydrogen) atoms. The normalized spacial score (nSPS) is 22.6. The third-order valence-electron chi connectivity index (χ3n) is 4.45. The fraction of sp³-hybridized carbons (Fsp3) is 0.294. The zero-order valence-corrected chi connectivity index (χ0v) is 14.2. The van der Waals surface area contributed by atoms with Crippen LogP contribution in [0.4, 0.5) is 4.39 Å². The van der Waals surface area contributed by atoms with E-state index in [2.05, 4.69) is 20.4 Å². The first-order chi connectivity index (χ1) is 11.9. The molecule has 1 aliphatic rings. The summed E-state index contributed by atoms with van der Waals surface area (Å²) in [5, 5.41) is 7.42. The predicted molar refractivity (Wildman–Crippen MR) is 90.2 cm³/mol. The fourth-order valence-corrected chi connectivity index (χ4v) is 3.27. The Hall–Kier alpha value is -2.54. The first kappa shape index (κ1) is 16.0. The van der Waals surface area contributed by atoms with Gasteiger partial charge in [-0.1, -0.05) is 23.7 Å². The van der Waals surface area contributed by atoms with Gasteiger partial charge in [0.2, 0.25) is 5.82 Å². The number of hydrogen-bond donors (Lipinski definition) is 1. The molecule has 1 amide bonds. The number of carbonyl (C=O) groups excluding carboxylic acids is 1. The van der Waals surface area contributed by atoms with E-state index in [4.69, 9.17) is 11.6 Å². The highest BCUT2D eigenvalue weighted by Gasteiger charge is 2.47. The van der Waals surface area contributed by atoms with Gasteiger partial charge in [-0.05, 0) is 30.7 Å². The molecule has 0 saturated heterocycles. The van der Waals surface area contributed by atoms with Crippen LogP contribution in [0.1, 0.15) is 34.7 Å². The lowest BCUT2D eigenvalue weighted by atomic mass is 9.73. The molecule has 8 heteroatoms. The molecule has 1 aliphatic carbocycles. The largest absolute Gasteiger partial charge is 0.346 e. The molecular formula is C17H15ClFN5O. The summed E-state index contributed by atoms with van der Waals surface area (Å²) in [4.78, 5) is 20.5. The van der Waals surface area contributed by atoms with E-state index in [0.29, 0.717) is 16.4 Å². The summed E-state index contributed by atoms with van der Waals surface area (Å²) in [6.07, 6.45) is 2.00. The number of carbonyl (C=O) groups is 1. The zero-order valence-electron chi connectivity index (χ0n) is 13.4. The van der Waals surface area contributed by atoms with Crippen molar-refractivity contribution in [1.29, 1.82) is 0 Å². The number of rotatable bonds is 3. The van der Waals surface area contributed by atoms with Crippen molar-refractivity contribution in [3.8, 4) is 0 Å². The van der Waals surface area contributed by atoms with Gasteiger partial charge < -0.3 is 5.32 Å². The van der Waals surface area contributed by atoms with E-state index in [9.17, 15) is 9.18 Å². The molecule has 0 unspecified atom stereocenters. The number of hydrogen-bond acceptors (Lipinski definition) is 4. The monoisotopic (exact) mass is 359 g/mol. The van der Waals surface area contributed by atoms with Crippen molar-refractivity contribution in [2.24, 2.45) is 0 Å². The van der Waals surface area contributed by atoms with Crippen LogP contribution in [0.15, 0.2) is 36.5 Å². The standard InChI is InChI=1S/C17H15ClFN5O/c1-10-5-6-20-16-22-14(23-24(10)16)15(25)21-13-8-17(19,9-13)11-3-2-4-12(18)7-11/h2-7,13H,8-9H2,1H3,(H,21,25). The molecule has 2 aromatic heterocycles. The average molecular weight is 360 g/mol. The van der Waals surface area contributed by atoms with E-state index in [1.165, 1.54) is 4.52 Å². The van der Waals surface area contributed by atoms with Gasteiger partial charge in [0.1, 0.15) is 5.67 Å². The first-order valence-electron chi connectivity index (χ1n) is 7.89. The van der Waals surface area contributed by atoms with Crippen LogP contribution in [0.5, 0.6) is 0 Å². The third kappa shape index (κ3) is 2.84. The number of halogens is 2. The minimum atomic E-state index is -1.46. The summed E-state index contributed by atoms with van der Waals surface area (Å²) in [7, 11) is 0. The Balaban J connectivity index is 1.45. The second-order valence-corrected chi connectivity index (χ2v) is 6.72. The lowest BCUT2D eigenvalue weighted by Crippen LogP contribution is -2.51. The van der Waals surface area contributed by atoms with Crippen LogP contribution in [-0.2, 0) is 5.67 Å². The summed E-state index contributed by atoms with van der Waals surface area (Å²) in [6, 6.07) is 8.27. The Morgan fingerprint density at radius 2 is 2.20 bits per heavy atom. The minimum absolute atomic E-state index is 0.0286. The summed E-state index contributed by atoms with van der Waals surface area (Å²) in [6.45, 7) is 1.85. The predicted octanol–water partition coefficient (Wildman–Crippen LogP) is 2.84. The van der Waals surface area contributed by atoms with Crippen LogP contribution in [0.3, 0.4) is 0 Å². The molecule has 0 radical (unpaired) electrons. The number of nitrogens with one attached hydrogen (secondary N) is 1. The summed E-state index contributed by atoms with van der Waals surface area (Å²) < 4.78 is 16.4. The van der Waals surface area contributed by atoms with Crippen molar-refractivity contribution in [1.82, 2.24) is 24.9 Å². The second-order valence-electron chi connectivity index (χ2n) is 6.29. The first-order valence-corrected chi connectivity index (χ1v) is 8.27. The van der Waals surface area contributed by atoms with Gasteiger partial charge in [-0.15, -0.1) is 5.10 Å². The molecule has 0 atom stereocenters. The van der Waals surface area contributed by atoms with Crippen molar-refractivity contribution in [2.45, 2.75) is 31.5 Å². The number of benzene rings is 1. The van der Waals surface area contributed by atoms with Gasteiger partial charge >= 0.3 is 0 Å². The number of alkyl halides is 1. The molecular weight excluding hydrogens is 345 g/mol. The average Bonchev–Trinajstić information content (AvgIpc) is 2.99. The minimum Gasteiger partial charge on any atom is -0.346 e. The molecule has 1 fully saturated rings. The zero-order chi connectivity index (χ0) is 17.6. The molecule has 0 aliphatic heterocycles. The van der Waals surface area contributed by atoms with Crippen LogP contribution in [-0.4, -0.2) is 31.5 Å². The van der Waals surface area contributed by atoms with E-state index in [1.807, 2.05) is 6.92 Å². The number of aromatic nitrogens is 4. The smallest absolute Gasteiger partial charge is 0.291 e. The van der Waals surface area contributed by atoms with Gasteiger partial charge in [0.25, 0.3) is 11.7 Å². The highest BCUT2D eigenvalue weighted by atomic mass is 35.5. The molecule has 1 saturated carbocycles. The summed E-state index contributed by atoms with van der Waals surface area (Å²) in [5.74, 6) is -0.0403. The number of amides is 1. The maximum Gasteiger partial charge on any atom is 0.291 e. The van der Waals surface area contributed by atoms with Crippen LogP contribution < -0.4 is 5.32 Å². The van der Waals surface area contributed by atoms with Gasteiger partial charge in [-0.3, -0.25) is 4.79 Å². The summed E-state index contributed by atoms with van der Waals surface area (Å²) in [5.41, 5.74) is -0.104. The van der Waals surface area contributed by atoms with Gasteiger partial charge in [0.05, 0.1) is 0 Å². The van der Waals surface area contributed by atoms with Crippen molar-refractivity contribution in [3.63, 3.8) is 0 Å². The van der Waals surface area contributed by atoms with E-state index in [0.717, 1.165) is 5.69 Å². The molecule has 3 aromatic rings. The van der Waals surface area contributed by atoms with Crippen LogP contribution >= 0.6 is 11.6 Å². The van der Waals surface area contributed by atoms with Crippen molar-refractivity contribution >= 4 is 23.3 Å². The highest BCUT2D eigenvalue weighted by molar-refractivity contribution is 6.30. The van der Waals surface area contributed by atoms with E-state index in [1.54, 1.807) is 36.5 Å². The van der Waals surface area contributed by atoms with Gasteiger partial charge in [-0.2, -0.15) is 4.98 Å². The topological polar surface area (TPSA) is 72.2 Å². The molecule has 1 N–H and O–H groups in total. The molecule has 0 bridgehead atoms. The van der Waals surface area contributed by atoms with Crippen molar-refractivity contribution < 1.29 is 9.18 Å². The van der Waals surface area contributed by atoms with Crippen LogP contribution in [0.25, 0.3) is 5.78 Å². The number of nitrogens with zero attached hydrogens (tertiary/aromatic N) is 4. The van der Waals surface area contributed by atoms with E-state index < -0.39 is 11.6 Å². The molecule has 0 spiro atoms. The third-order valence-corrected chi connectivity index (χ3v) is 4.69. The quantitative estimate of drug-likeness (QED) is 0.780.